The zero-order valence-electron chi connectivity index (χ0n) is 17.6. The zero-order chi connectivity index (χ0) is 21.8. The lowest BCUT2D eigenvalue weighted by molar-refractivity contribution is -0.114. The number of thiazole rings is 1. The molecule has 0 fully saturated rings. The molecule has 31 heavy (non-hydrogen) atoms. The molecule has 0 aliphatic rings. The van der Waals surface area contributed by atoms with Gasteiger partial charge in [0.1, 0.15) is 22.9 Å². The number of rotatable bonds is 3. The van der Waals surface area contributed by atoms with Gasteiger partial charge in [-0.3, -0.25) is 4.79 Å². The summed E-state index contributed by atoms with van der Waals surface area (Å²) in [6, 6.07) is 12.1. The van der Waals surface area contributed by atoms with Gasteiger partial charge in [0.05, 0.1) is 10.4 Å². The maximum Gasteiger partial charge on any atom is 0.223 e. The number of hydrogen-bond donors (Lipinski definition) is 2. The number of fused-ring (bicyclic) bond motifs is 4. The van der Waals surface area contributed by atoms with Gasteiger partial charge in [-0.2, -0.15) is 0 Å². The molecule has 2 N–H and O–H groups in total. The van der Waals surface area contributed by atoms with Crippen molar-refractivity contribution in [3.8, 4) is 0 Å². The highest BCUT2D eigenvalue weighted by Gasteiger charge is 2.19. The Bertz CT molecular complexity index is 1460. The van der Waals surface area contributed by atoms with E-state index in [0.717, 1.165) is 32.4 Å². The molecule has 156 valence electrons. The smallest absolute Gasteiger partial charge is 0.223 e. The molecule has 1 amide bonds. The Balaban J connectivity index is 1.61. The Labute approximate surface area is 182 Å². The summed E-state index contributed by atoms with van der Waals surface area (Å²) < 4.78 is 7.16. The van der Waals surface area contributed by atoms with Crippen molar-refractivity contribution in [1.82, 2.24) is 15.0 Å². The molecular weight excluding hydrogens is 410 g/mol. The summed E-state index contributed by atoms with van der Waals surface area (Å²) in [5.41, 5.74) is 4.89. The predicted molar refractivity (Wildman–Crippen MR) is 125 cm³/mol. The van der Waals surface area contributed by atoms with Crippen LogP contribution in [0.4, 0.5) is 16.6 Å². The second kappa shape index (κ2) is 7.02. The first kappa shape index (κ1) is 19.4. The zero-order valence-corrected chi connectivity index (χ0v) is 18.4. The summed E-state index contributed by atoms with van der Waals surface area (Å²) in [6.07, 6.45) is 1.53. The van der Waals surface area contributed by atoms with Crippen molar-refractivity contribution in [3.05, 3.63) is 48.3 Å². The van der Waals surface area contributed by atoms with E-state index in [4.69, 9.17) is 4.42 Å². The van der Waals surface area contributed by atoms with Crippen LogP contribution in [0, 0.1) is 0 Å². The molecule has 0 atom stereocenters. The summed E-state index contributed by atoms with van der Waals surface area (Å²) in [5.74, 6) is 0.420. The molecule has 5 aromatic rings. The molecule has 0 aliphatic heterocycles. The van der Waals surface area contributed by atoms with Gasteiger partial charge in [-0.15, -0.1) is 0 Å². The second-order valence-corrected chi connectivity index (χ2v) is 9.47. The minimum Gasteiger partial charge on any atom is -0.450 e. The Morgan fingerprint density at radius 1 is 1.10 bits per heavy atom. The van der Waals surface area contributed by atoms with Gasteiger partial charge in [0.15, 0.2) is 16.5 Å². The van der Waals surface area contributed by atoms with Crippen LogP contribution in [-0.4, -0.2) is 20.9 Å². The molecular formula is C23H21N5O2S. The van der Waals surface area contributed by atoms with Crippen LogP contribution >= 0.6 is 11.3 Å². The molecule has 2 aromatic carbocycles. The van der Waals surface area contributed by atoms with Crippen LogP contribution in [0.25, 0.3) is 32.3 Å². The molecule has 0 unspecified atom stereocenters. The normalized spacial score (nSPS) is 12.0. The van der Waals surface area contributed by atoms with Crippen molar-refractivity contribution in [1.29, 1.82) is 0 Å². The highest BCUT2D eigenvalue weighted by atomic mass is 32.1. The first-order chi connectivity index (χ1) is 14.8. The van der Waals surface area contributed by atoms with Crippen LogP contribution in [0.2, 0.25) is 0 Å². The maximum atomic E-state index is 11.4. The molecule has 8 heteroatoms. The number of furan rings is 1. The fourth-order valence-electron chi connectivity index (χ4n) is 3.51. The van der Waals surface area contributed by atoms with Crippen molar-refractivity contribution in [2.45, 2.75) is 33.1 Å². The quantitative estimate of drug-likeness (QED) is 0.365. The fraction of sp³-hybridized carbons (Fsp3) is 0.217. The fourth-order valence-corrected chi connectivity index (χ4v) is 4.45. The number of amides is 1. The van der Waals surface area contributed by atoms with Gasteiger partial charge in [-0.1, -0.05) is 44.2 Å². The number of nitrogens with zero attached hydrogens (tertiary/aromatic N) is 3. The number of aromatic nitrogens is 3. The monoisotopic (exact) mass is 431 g/mol. The number of benzene rings is 2. The SMILES string of the molecule is CC(=O)Nc1nc2c(Nc3ncnc4c3oc3cc(C(C)(C)C)ccc34)cccc2s1. The van der Waals surface area contributed by atoms with Gasteiger partial charge in [-0.05, 0) is 35.2 Å². The van der Waals surface area contributed by atoms with Crippen LogP contribution in [-0.2, 0) is 10.2 Å². The van der Waals surface area contributed by atoms with Gasteiger partial charge < -0.3 is 15.1 Å². The van der Waals surface area contributed by atoms with Crippen LogP contribution in [0.1, 0.15) is 33.3 Å². The number of hydrogen-bond acceptors (Lipinski definition) is 7. The van der Waals surface area contributed by atoms with E-state index in [9.17, 15) is 4.79 Å². The highest BCUT2D eigenvalue weighted by molar-refractivity contribution is 7.22. The van der Waals surface area contributed by atoms with Crippen LogP contribution < -0.4 is 10.6 Å². The standard InChI is InChI=1S/C23H21N5O2S/c1-12(29)26-22-28-19-15(6-5-7-17(19)31-22)27-21-20-18(24-11-25-21)14-9-8-13(23(2,3)4)10-16(14)30-20/h5-11H,1-4H3,(H,24,25,27)(H,26,28,29). The number of carbonyl (C=O) groups is 1. The molecule has 5 rings (SSSR count). The Kier molecular flexibility index (Phi) is 4.40. The van der Waals surface area contributed by atoms with E-state index in [-0.39, 0.29) is 11.3 Å². The van der Waals surface area contributed by atoms with Crippen LogP contribution in [0.5, 0.6) is 0 Å². The van der Waals surface area contributed by atoms with Gasteiger partial charge in [0.25, 0.3) is 0 Å². The predicted octanol–water partition coefficient (Wildman–Crippen LogP) is 5.99. The van der Waals surface area contributed by atoms with E-state index in [1.54, 1.807) is 0 Å². The van der Waals surface area contributed by atoms with Crippen molar-refractivity contribution < 1.29 is 9.21 Å². The van der Waals surface area contributed by atoms with Crippen LogP contribution in [0.3, 0.4) is 0 Å². The number of anilines is 3. The summed E-state index contributed by atoms with van der Waals surface area (Å²) in [7, 11) is 0. The van der Waals surface area contributed by atoms with Gasteiger partial charge in [0.2, 0.25) is 5.91 Å². The Morgan fingerprint density at radius 3 is 2.71 bits per heavy atom. The first-order valence-corrected chi connectivity index (χ1v) is 10.7. The Hall–Kier alpha value is -3.52. The molecule has 0 saturated heterocycles. The van der Waals surface area contributed by atoms with E-state index < -0.39 is 0 Å². The van der Waals surface area contributed by atoms with Gasteiger partial charge in [0, 0.05) is 12.3 Å². The minimum atomic E-state index is -0.150. The van der Waals surface area contributed by atoms with Gasteiger partial charge >= 0.3 is 0 Å². The van der Waals surface area contributed by atoms with Gasteiger partial charge in [-0.25, -0.2) is 15.0 Å². The lowest BCUT2D eigenvalue weighted by Gasteiger charge is -2.18. The third kappa shape index (κ3) is 3.48. The minimum absolute atomic E-state index is 0.0196. The molecule has 0 radical (unpaired) electrons. The van der Waals surface area contributed by atoms with Crippen molar-refractivity contribution >= 4 is 66.2 Å². The topological polar surface area (TPSA) is 92.9 Å². The summed E-state index contributed by atoms with van der Waals surface area (Å²) in [5, 5.41) is 7.61. The third-order valence-corrected chi connectivity index (χ3v) is 6.01. The molecule has 0 spiro atoms. The van der Waals surface area contributed by atoms with E-state index in [0.29, 0.717) is 16.5 Å². The maximum absolute atomic E-state index is 11.4. The first-order valence-electron chi connectivity index (χ1n) is 9.91. The van der Waals surface area contributed by atoms with Crippen LogP contribution in [0.15, 0.2) is 47.1 Å². The third-order valence-electron chi connectivity index (χ3n) is 5.07. The average molecular weight is 432 g/mol. The number of nitrogens with one attached hydrogen (secondary N) is 2. The molecule has 0 saturated carbocycles. The highest BCUT2D eigenvalue weighted by Crippen LogP contribution is 2.37. The summed E-state index contributed by atoms with van der Waals surface area (Å²) in [4.78, 5) is 24.8. The molecule has 0 aliphatic carbocycles. The second-order valence-electron chi connectivity index (χ2n) is 8.44. The van der Waals surface area contributed by atoms with Crippen molar-refractivity contribution in [3.63, 3.8) is 0 Å². The summed E-state index contributed by atoms with van der Waals surface area (Å²) >= 11 is 1.42. The lowest BCUT2D eigenvalue weighted by Crippen LogP contribution is -2.10. The molecule has 3 aromatic heterocycles. The molecule has 7 nitrogen and oxygen atoms in total. The van der Waals surface area contributed by atoms with E-state index in [1.807, 2.05) is 18.2 Å². The molecule has 3 heterocycles. The summed E-state index contributed by atoms with van der Waals surface area (Å²) in [6.45, 7) is 7.99. The number of carbonyl (C=O) groups excluding carboxylic acids is 1. The van der Waals surface area contributed by atoms with Crippen molar-refractivity contribution in [2.75, 3.05) is 10.6 Å². The average Bonchev–Trinajstić information content (AvgIpc) is 3.28. The van der Waals surface area contributed by atoms with E-state index in [2.05, 4.69) is 64.6 Å². The van der Waals surface area contributed by atoms with E-state index in [1.165, 1.54) is 30.2 Å². The Morgan fingerprint density at radius 2 is 1.94 bits per heavy atom. The largest absolute Gasteiger partial charge is 0.450 e. The molecule has 0 bridgehead atoms. The lowest BCUT2D eigenvalue weighted by atomic mass is 9.87. The van der Waals surface area contributed by atoms with E-state index >= 15 is 0 Å². The van der Waals surface area contributed by atoms with Crippen molar-refractivity contribution in [2.24, 2.45) is 0 Å². The number of para-hydroxylation sites is 1.